The van der Waals surface area contributed by atoms with E-state index < -0.39 is 12.6 Å². The summed E-state index contributed by atoms with van der Waals surface area (Å²) in [6.45, 7) is 0.655. The first-order valence-corrected chi connectivity index (χ1v) is 4.83. The van der Waals surface area contributed by atoms with Crippen LogP contribution in [0.2, 0.25) is 0 Å². The van der Waals surface area contributed by atoms with Crippen molar-refractivity contribution < 1.29 is 14.8 Å². The Morgan fingerprint density at radius 3 is 2.79 bits per heavy atom. The van der Waals surface area contributed by atoms with Gasteiger partial charge in [-0.25, -0.2) is 0 Å². The van der Waals surface area contributed by atoms with Gasteiger partial charge in [-0.2, -0.15) is 10.2 Å². The molecule has 0 aromatic heterocycles. The molecule has 2 rings (SSSR count). The molecule has 2 N–H and O–H groups in total. The molecule has 1 saturated heterocycles. The van der Waals surface area contributed by atoms with Gasteiger partial charge < -0.3 is 14.8 Å². The lowest BCUT2D eigenvalue weighted by atomic mass is 9.61. The van der Waals surface area contributed by atoms with Crippen molar-refractivity contribution in [3.8, 4) is 0 Å². The van der Waals surface area contributed by atoms with Gasteiger partial charge in [-0.1, -0.05) is 0 Å². The Morgan fingerprint density at radius 1 is 1.43 bits per heavy atom. The summed E-state index contributed by atoms with van der Waals surface area (Å²) in [5.74, 6) is 0. The molecule has 0 saturated carbocycles. The van der Waals surface area contributed by atoms with Crippen molar-refractivity contribution in [1.29, 1.82) is 0 Å². The Bertz CT molecular complexity index is 249. The maximum atomic E-state index is 9.33. The molecule has 0 aliphatic carbocycles. The Morgan fingerprint density at radius 2 is 2.29 bits per heavy atom. The van der Waals surface area contributed by atoms with E-state index in [1.807, 2.05) is 0 Å². The molecule has 1 fully saturated rings. The summed E-state index contributed by atoms with van der Waals surface area (Å²) in [6, 6.07) is 0. The summed E-state index contributed by atoms with van der Waals surface area (Å²) in [7, 11) is -1.55. The number of ether oxygens (including phenoxy) is 1. The lowest BCUT2D eigenvalue weighted by Gasteiger charge is -2.33. The van der Waals surface area contributed by atoms with Crippen LogP contribution in [0.25, 0.3) is 0 Å². The third kappa shape index (κ3) is 1.49. The van der Waals surface area contributed by atoms with Crippen molar-refractivity contribution in [2.45, 2.75) is 30.8 Å². The highest BCUT2D eigenvalue weighted by Crippen LogP contribution is 2.32. The maximum Gasteiger partial charge on any atom is 0.490 e. The molecular formula is C8H13BN2O3. The third-order valence-electron chi connectivity index (χ3n) is 2.75. The van der Waals surface area contributed by atoms with E-state index >= 15 is 0 Å². The van der Waals surface area contributed by atoms with E-state index in [9.17, 15) is 10.0 Å². The second kappa shape index (κ2) is 3.80. The van der Waals surface area contributed by atoms with Crippen molar-refractivity contribution >= 4 is 7.12 Å². The van der Waals surface area contributed by atoms with Crippen LogP contribution in [-0.2, 0) is 4.74 Å². The minimum Gasteiger partial charge on any atom is -0.425 e. The molecule has 2 atom stereocenters. The molecule has 2 aliphatic rings. The molecule has 0 amide bonds. The highest BCUT2D eigenvalue weighted by Gasteiger charge is 2.50. The molecule has 0 bridgehead atoms. The van der Waals surface area contributed by atoms with Crippen molar-refractivity contribution in [3.05, 3.63) is 12.3 Å². The van der Waals surface area contributed by atoms with Gasteiger partial charge in [0.25, 0.3) is 0 Å². The quantitative estimate of drug-likeness (QED) is 0.623. The van der Waals surface area contributed by atoms with E-state index in [1.165, 1.54) is 6.20 Å². The SMILES string of the molecule is OB(O)C1(C2CCCCO2)C=CN=N1. The molecule has 2 aliphatic heterocycles. The first-order valence-electron chi connectivity index (χ1n) is 4.83. The fourth-order valence-electron chi connectivity index (χ4n) is 1.90. The summed E-state index contributed by atoms with van der Waals surface area (Å²) in [6.07, 6.45) is 5.67. The van der Waals surface area contributed by atoms with E-state index in [0.29, 0.717) is 6.61 Å². The van der Waals surface area contributed by atoms with Crippen molar-refractivity contribution in [2.75, 3.05) is 6.61 Å². The summed E-state index contributed by atoms with van der Waals surface area (Å²) in [5, 5.41) is 26.2. The fourth-order valence-corrected chi connectivity index (χ4v) is 1.90. The summed E-state index contributed by atoms with van der Waals surface area (Å²) in [5.41, 5.74) is -1.07. The first-order chi connectivity index (χ1) is 6.76. The minimum absolute atomic E-state index is 0.265. The zero-order valence-corrected chi connectivity index (χ0v) is 7.83. The third-order valence-corrected chi connectivity index (χ3v) is 2.75. The molecule has 0 radical (unpaired) electrons. The van der Waals surface area contributed by atoms with Crippen LogP contribution in [0.3, 0.4) is 0 Å². The molecule has 0 aromatic carbocycles. The number of hydrogen-bond acceptors (Lipinski definition) is 5. The van der Waals surface area contributed by atoms with Gasteiger partial charge in [0.05, 0.1) is 6.10 Å². The number of hydrogen-bond donors (Lipinski definition) is 2. The van der Waals surface area contributed by atoms with Gasteiger partial charge in [0.1, 0.15) is 0 Å². The molecule has 0 aromatic rings. The number of nitrogens with zero attached hydrogens (tertiary/aromatic N) is 2. The fraction of sp³-hybridized carbons (Fsp3) is 0.750. The van der Waals surface area contributed by atoms with Crippen LogP contribution in [0.4, 0.5) is 0 Å². The Labute approximate surface area is 82.6 Å². The number of rotatable bonds is 2. The molecule has 2 heterocycles. The van der Waals surface area contributed by atoms with E-state index in [4.69, 9.17) is 4.74 Å². The second-order valence-electron chi connectivity index (χ2n) is 3.65. The van der Waals surface area contributed by atoms with E-state index in [0.717, 1.165) is 19.3 Å². The predicted octanol–water partition coefficient (Wildman–Crippen LogP) is 0.286. The van der Waals surface area contributed by atoms with Crippen LogP contribution in [0, 0.1) is 0 Å². The topological polar surface area (TPSA) is 74.4 Å². The molecule has 6 heteroatoms. The van der Waals surface area contributed by atoms with Crippen LogP contribution in [0.15, 0.2) is 22.5 Å². The minimum atomic E-state index is -1.55. The molecule has 14 heavy (non-hydrogen) atoms. The van der Waals surface area contributed by atoms with E-state index in [-0.39, 0.29) is 6.10 Å². The zero-order valence-electron chi connectivity index (χ0n) is 7.83. The highest BCUT2D eigenvalue weighted by atomic mass is 16.5. The van der Waals surface area contributed by atoms with Gasteiger partial charge >= 0.3 is 7.12 Å². The molecule has 0 spiro atoms. The maximum absolute atomic E-state index is 9.33. The molecule has 2 unspecified atom stereocenters. The smallest absolute Gasteiger partial charge is 0.425 e. The standard InChI is InChI=1S/C8H13BN2O3/c12-9(13)8(4-5-10-11-8)7-3-1-2-6-14-7/h4-5,7,12-13H,1-3,6H2. The van der Waals surface area contributed by atoms with Crippen LogP contribution >= 0.6 is 0 Å². The molecule has 5 nitrogen and oxygen atoms in total. The van der Waals surface area contributed by atoms with E-state index in [2.05, 4.69) is 10.2 Å². The van der Waals surface area contributed by atoms with Gasteiger partial charge in [0, 0.05) is 12.8 Å². The monoisotopic (exact) mass is 196 g/mol. The zero-order chi connectivity index (χ0) is 10.0. The Hall–Kier alpha value is -0.715. The van der Waals surface area contributed by atoms with Crippen LogP contribution < -0.4 is 0 Å². The average Bonchev–Trinajstić information content (AvgIpc) is 2.69. The van der Waals surface area contributed by atoms with Gasteiger partial charge in [-0.05, 0) is 25.3 Å². The first kappa shape index (κ1) is 9.83. The van der Waals surface area contributed by atoms with Crippen LogP contribution in [-0.4, -0.2) is 35.3 Å². The largest absolute Gasteiger partial charge is 0.490 e. The van der Waals surface area contributed by atoms with Gasteiger partial charge in [-0.3, -0.25) is 0 Å². The normalized spacial score (nSPS) is 36.3. The van der Waals surface area contributed by atoms with Gasteiger partial charge in [0.15, 0.2) is 5.44 Å². The lowest BCUT2D eigenvalue weighted by Crippen LogP contribution is -2.53. The number of azo groups is 1. The molecular weight excluding hydrogens is 183 g/mol. The highest BCUT2D eigenvalue weighted by molar-refractivity contribution is 6.47. The Balaban J connectivity index is 2.18. The predicted molar refractivity (Wildman–Crippen MR) is 50.5 cm³/mol. The lowest BCUT2D eigenvalue weighted by molar-refractivity contribution is -0.00715. The van der Waals surface area contributed by atoms with Crippen molar-refractivity contribution in [1.82, 2.24) is 0 Å². The van der Waals surface area contributed by atoms with Crippen molar-refractivity contribution in [2.24, 2.45) is 10.2 Å². The van der Waals surface area contributed by atoms with Crippen LogP contribution in [0.5, 0.6) is 0 Å². The summed E-state index contributed by atoms with van der Waals surface area (Å²) < 4.78 is 5.50. The van der Waals surface area contributed by atoms with Gasteiger partial charge in [-0.15, -0.1) is 0 Å². The summed E-state index contributed by atoms with van der Waals surface area (Å²) >= 11 is 0. The van der Waals surface area contributed by atoms with Crippen molar-refractivity contribution in [3.63, 3.8) is 0 Å². The summed E-state index contributed by atoms with van der Waals surface area (Å²) in [4.78, 5) is 0. The van der Waals surface area contributed by atoms with Gasteiger partial charge in [0.2, 0.25) is 0 Å². The van der Waals surface area contributed by atoms with E-state index in [1.54, 1.807) is 6.08 Å². The molecule has 76 valence electrons. The second-order valence-corrected chi connectivity index (χ2v) is 3.65. The average molecular weight is 196 g/mol. The Kier molecular flexibility index (Phi) is 2.67. The van der Waals surface area contributed by atoms with Crippen LogP contribution in [0.1, 0.15) is 19.3 Å².